The maximum atomic E-state index is 11.2. The summed E-state index contributed by atoms with van der Waals surface area (Å²) in [5.41, 5.74) is 0.637. The number of carboxylic acid groups (broad SMARTS) is 1. The van der Waals surface area contributed by atoms with Gasteiger partial charge in [-0.05, 0) is 32.9 Å². The SMILES string of the molecule is Cc1nc(Nc2cnn(C(C)(C)C(=O)O)c2)ccc1C#N. The van der Waals surface area contributed by atoms with Crippen molar-refractivity contribution in [3.05, 3.63) is 35.8 Å². The average molecular weight is 285 g/mol. The molecule has 0 fully saturated rings. The third-order valence-corrected chi connectivity index (χ3v) is 3.16. The van der Waals surface area contributed by atoms with E-state index < -0.39 is 11.5 Å². The highest BCUT2D eigenvalue weighted by Gasteiger charge is 2.30. The predicted octanol–water partition coefficient (Wildman–Crippen LogP) is 2.02. The maximum absolute atomic E-state index is 11.2. The lowest BCUT2D eigenvalue weighted by molar-refractivity contribution is -0.146. The van der Waals surface area contributed by atoms with Gasteiger partial charge in [-0.25, -0.2) is 9.78 Å². The summed E-state index contributed by atoms with van der Waals surface area (Å²) in [5, 5.41) is 25.1. The van der Waals surface area contributed by atoms with Gasteiger partial charge in [0.05, 0.1) is 23.1 Å². The number of nitrogens with one attached hydrogen (secondary N) is 1. The van der Waals surface area contributed by atoms with Crippen LogP contribution in [0.15, 0.2) is 24.5 Å². The minimum absolute atomic E-state index is 0.517. The lowest BCUT2D eigenvalue weighted by Gasteiger charge is -2.19. The molecule has 2 heterocycles. The zero-order valence-electron chi connectivity index (χ0n) is 12.0. The van der Waals surface area contributed by atoms with E-state index in [-0.39, 0.29) is 0 Å². The standard InChI is InChI=1S/C14H15N5O2/c1-9-10(6-15)4-5-12(17-9)18-11-7-16-19(8-11)14(2,3)13(20)21/h4-5,7-8H,1-3H3,(H,17,18)(H,20,21). The number of hydrogen-bond acceptors (Lipinski definition) is 5. The predicted molar refractivity (Wildman–Crippen MR) is 76.2 cm³/mol. The molecule has 0 aliphatic carbocycles. The molecule has 0 aliphatic rings. The second kappa shape index (κ2) is 5.25. The fourth-order valence-electron chi connectivity index (χ4n) is 1.69. The molecule has 0 unspecified atom stereocenters. The van der Waals surface area contributed by atoms with E-state index in [1.54, 1.807) is 39.1 Å². The zero-order chi connectivity index (χ0) is 15.6. The molecule has 0 radical (unpaired) electrons. The first-order valence-corrected chi connectivity index (χ1v) is 6.28. The normalized spacial score (nSPS) is 11.0. The summed E-state index contributed by atoms with van der Waals surface area (Å²) in [5.74, 6) is -0.399. The van der Waals surface area contributed by atoms with Gasteiger partial charge in [-0.3, -0.25) is 4.68 Å². The Balaban J connectivity index is 2.22. The van der Waals surface area contributed by atoms with E-state index in [9.17, 15) is 4.79 Å². The van der Waals surface area contributed by atoms with Crippen LogP contribution in [0.3, 0.4) is 0 Å². The Bertz CT molecular complexity index is 727. The molecule has 21 heavy (non-hydrogen) atoms. The summed E-state index contributed by atoms with van der Waals surface area (Å²) >= 11 is 0. The van der Waals surface area contributed by atoms with E-state index in [1.807, 2.05) is 0 Å². The number of anilines is 2. The van der Waals surface area contributed by atoms with Crippen LogP contribution in [0.25, 0.3) is 0 Å². The second-order valence-electron chi connectivity index (χ2n) is 5.10. The highest BCUT2D eigenvalue weighted by molar-refractivity contribution is 5.75. The maximum Gasteiger partial charge on any atom is 0.331 e. The van der Waals surface area contributed by atoms with Crippen LogP contribution in [0.1, 0.15) is 25.1 Å². The molecule has 0 amide bonds. The summed E-state index contributed by atoms with van der Waals surface area (Å²) < 4.78 is 1.37. The first-order valence-electron chi connectivity index (χ1n) is 6.28. The third-order valence-electron chi connectivity index (χ3n) is 3.16. The molecule has 2 rings (SSSR count). The Kier molecular flexibility index (Phi) is 3.63. The molecule has 7 heteroatoms. The van der Waals surface area contributed by atoms with Gasteiger partial charge >= 0.3 is 5.97 Å². The number of nitrogens with zero attached hydrogens (tertiary/aromatic N) is 4. The van der Waals surface area contributed by atoms with E-state index in [0.717, 1.165) is 0 Å². The highest BCUT2D eigenvalue weighted by Crippen LogP contribution is 2.20. The number of aryl methyl sites for hydroxylation is 1. The van der Waals surface area contributed by atoms with Gasteiger partial charge in [0.25, 0.3) is 0 Å². The van der Waals surface area contributed by atoms with Crippen LogP contribution < -0.4 is 5.32 Å². The first-order chi connectivity index (χ1) is 9.84. The van der Waals surface area contributed by atoms with Crippen molar-refractivity contribution < 1.29 is 9.90 Å². The molecule has 0 aliphatic heterocycles. The summed E-state index contributed by atoms with van der Waals surface area (Å²) in [7, 11) is 0. The lowest BCUT2D eigenvalue weighted by Crippen LogP contribution is -2.35. The average Bonchev–Trinajstić information content (AvgIpc) is 2.88. The number of aromatic nitrogens is 3. The van der Waals surface area contributed by atoms with Crippen LogP contribution >= 0.6 is 0 Å². The first kappa shape index (κ1) is 14.5. The topological polar surface area (TPSA) is 104 Å². The number of nitriles is 1. The minimum atomic E-state index is -1.13. The largest absolute Gasteiger partial charge is 0.479 e. The highest BCUT2D eigenvalue weighted by atomic mass is 16.4. The van der Waals surface area contributed by atoms with Gasteiger partial charge < -0.3 is 10.4 Å². The Labute approximate surface area is 121 Å². The van der Waals surface area contributed by atoms with E-state index >= 15 is 0 Å². The molecular formula is C14H15N5O2. The van der Waals surface area contributed by atoms with Gasteiger partial charge in [0.2, 0.25) is 0 Å². The molecule has 2 aromatic rings. The van der Waals surface area contributed by atoms with Crippen molar-refractivity contribution in [2.24, 2.45) is 0 Å². The van der Waals surface area contributed by atoms with Crippen LogP contribution in [0, 0.1) is 18.3 Å². The fourth-order valence-corrected chi connectivity index (χ4v) is 1.69. The van der Waals surface area contributed by atoms with Gasteiger partial charge in [0.15, 0.2) is 5.54 Å². The quantitative estimate of drug-likeness (QED) is 0.890. The zero-order valence-corrected chi connectivity index (χ0v) is 12.0. The number of carbonyl (C=O) groups is 1. The van der Waals surface area contributed by atoms with Crippen LogP contribution in [0.5, 0.6) is 0 Å². The number of carboxylic acids is 1. The molecule has 0 bridgehead atoms. The van der Waals surface area contributed by atoms with E-state index in [0.29, 0.717) is 22.8 Å². The summed E-state index contributed by atoms with van der Waals surface area (Å²) in [4.78, 5) is 15.4. The van der Waals surface area contributed by atoms with Crippen LogP contribution in [0.2, 0.25) is 0 Å². The Hall–Kier alpha value is -2.88. The van der Waals surface area contributed by atoms with Gasteiger partial charge in [-0.1, -0.05) is 0 Å². The van der Waals surface area contributed by atoms with Gasteiger partial charge in [-0.15, -0.1) is 0 Å². The van der Waals surface area contributed by atoms with E-state index in [2.05, 4.69) is 21.5 Å². The van der Waals surface area contributed by atoms with Crippen molar-refractivity contribution in [2.45, 2.75) is 26.3 Å². The molecule has 0 spiro atoms. The molecule has 2 aromatic heterocycles. The van der Waals surface area contributed by atoms with Gasteiger partial charge in [0, 0.05) is 6.20 Å². The number of pyridine rings is 1. The molecule has 2 N–H and O–H groups in total. The van der Waals surface area contributed by atoms with Crippen LogP contribution in [0.4, 0.5) is 11.5 Å². The molecule has 0 aromatic carbocycles. The van der Waals surface area contributed by atoms with Crippen molar-refractivity contribution in [1.29, 1.82) is 5.26 Å². The second-order valence-corrected chi connectivity index (χ2v) is 5.10. The van der Waals surface area contributed by atoms with Crippen molar-refractivity contribution in [3.63, 3.8) is 0 Å². The molecule has 0 saturated heterocycles. The molecule has 7 nitrogen and oxygen atoms in total. The van der Waals surface area contributed by atoms with Crippen molar-refractivity contribution in [1.82, 2.24) is 14.8 Å². The smallest absolute Gasteiger partial charge is 0.331 e. The van der Waals surface area contributed by atoms with Crippen molar-refractivity contribution >= 4 is 17.5 Å². The fraction of sp³-hybridized carbons (Fsp3) is 0.286. The number of rotatable bonds is 4. The molecular weight excluding hydrogens is 270 g/mol. The summed E-state index contributed by atoms with van der Waals surface area (Å²) in [6.07, 6.45) is 3.13. The lowest BCUT2D eigenvalue weighted by atomic mass is 10.1. The van der Waals surface area contributed by atoms with Crippen LogP contribution in [-0.4, -0.2) is 25.8 Å². The van der Waals surface area contributed by atoms with Gasteiger partial charge in [-0.2, -0.15) is 10.4 Å². The van der Waals surface area contributed by atoms with Crippen molar-refractivity contribution in [2.75, 3.05) is 5.32 Å². The molecule has 108 valence electrons. The number of hydrogen-bond donors (Lipinski definition) is 2. The Morgan fingerprint density at radius 2 is 2.19 bits per heavy atom. The molecule has 0 saturated carbocycles. The van der Waals surface area contributed by atoms with E-state index in [1.165, 1.54) is 10.9 Å². The monoisotopic (exact) mass is 285 g/mol. The number of aliphatic carboxylic acids is 1. The molecule has 0 atom stereocenters. The van der Waals surface area contributed by atoms with Crippen LogP contribution in [-0.2, 0) is 10.3 Å². The van der Waals surface area contributed by atoms with Crippen molar-refractivity contribution in [3.8, 4) is 6.07 Å². The van der Waals surface area contributed by atoms with E-state index in [4.69, 9.17) is 10.4 Å². The Morgan fingerprint density at radius 1 is 1.48 bits per heavy atom. The third kappa shape index (κ3) is 2.84. The Morgan fingerprint density at radius 3 is 2.76 bits per heavy atom. The van der Waals surface area contributed by atoms with Gasteiger partial charge in [0.1, 0.15) is 11.9 Å². The minimum Gasteiger partial charge on any atom is -0.479 e. The summed E-state index contributed by atoms with van der Waals surface area (Å²) in [6.45, 7) is 4.88. The summed E-state index contributed by atoms with van der Waals surface area (Å²) in [6, 6.07) is 5.41.